The van der Waals surface area contributed by atoms with Gasteiger partial charge in [0, 0.05) is 5.52 Å². The summed E-state index contributed by atoms with van der Waals surface area (Å²) in [5, 5.41) is 0.0297. The topological polar surface area (TPSA) is 65.7 Å². The molecule has 0 aliphatic carbocycles. The lowest BCUT2D eigenvalue weighted by Gasteiger charge is -2.00. The molecule has 1 aromatic heterocycles. The molecular weight excluding hydrogens is 186 g/mol. The first-order valence-electron chi connectivity index (χ1n) is 3.79. The van der Waals surface area contributed by atoms with Crippen molar-refractivity contribution in [2.75, 3.05) is 0 Å². The summed E-state index contributed by atoms with van der Waals surface area (Å²) < 4.78 is 12.9. The van der Waals surface area contributed by atoms with E-state index in [1.807, 2.05) is 4.98 Å². The number of nitrogens with one attached hydrogen (secondary N) is 2. The second kappa shape index (κ2) is 2.83. The molecule has 2 rings (SSSR count). The zero-order valence-corrected chi connectivity index (χ0v) is 6.93. The van der Waals surface area contributed by atoms with E-state index < -0.39 is 17.1 Å². The van der Waals surface area contributed by atoms with E-state index in [4.69, 9.17) is 7.85 Å². The highest BCUT2D eigenvalue weighted by atomic mass is 19.1. The Morgan fingerprint density at radius 3 is 2.64 bits per heavy atom. The average Bonchev–Trinajstić information content (AvgIpc) is 2.07. The van der Waals surface area contributed by atoms with Gasteiger partial charge in [-0.25, -0.2) is 9.18 Å². The second-order valence-electron chi connectivity index (χ2n) is 2.83. The van der Waals surface area contributed by atoms with Gasteiger partial charge in [-0.15, -0.1) is 0 Å². The number of H-pyrrole nitrogens is 2. The molecule has 0 saturated heterocycles. The molecule has 2 N–H and O–H groups in total. The summed E-state index contributed by atoms with van der Waals surface area (Å²) in [6, 6.07) is 2.05. The fourth-order valence-corrected chi connectivity index (χ4v) is 1.26. The molecule has 2 radical (unpaired) electrons. The Balaban J connectivity index is 3.10. The molecular formula is C8H4BFN2O2. The van der Waals surface area contributed by atoms with Crippen LogP contribution >= 0.6 is 0 Å². The summed E-state index contributed by atoms with van der Waals surface area (Å²) in [5.41, 5.74) is -1.14. The lowest BCUT2D eigenvalue weighted by atomic mass is 9.93. The third-order valence-corrected chi connectivity index (χ3v) is 1.84. The first kappa shape index (κ1) is 8.74. The maximum atomic E-state index is 12.9. The molecule has 0 aliphatic heterocycles. The number of hydrogen-bond donors (Lipinski definition) is 2. The Labute approximate surface area is 78.2 Å². The highest BCUT2D eigenvalue weighted by molar-refractivity contribution is 6.38. The molecule has 4 nitrogen and oxygen atoms in total. The molecule has 0 saturated carbocycles. The normalized spacial score (nSPS) is 10.6. The fourth-order valence-electron chi connectivity index (χ4n) is 1.26. The van der Waals surface area contributed by atoms with E-state index in [0.717, 1.165) is 12.1 Å². The van der Waals surface area contributed by atoms with Crippen molar-refractivity contribution >= 4 is 24.2 Å². The lowest BCUT2D eigenvalue weighted by Crippen LogP contribution is -2.25. The zero-order valence-electron chi connectivity index (χ0n) is 6.93. The Hall–Kier alpha value is -1.85. The molecule has 0 aliphatic rings. The summed E-state index contributed by atoms with van der Waals surface area (Å²) in [4.78, 5) is 26.4. The number of aromatic amines is 2. The Morgan fingerprint density at radius 2 is 1.93 bits per heavy atom. The van der Waals surface area contributed by atoms with Gasteiger partial charge in [-0.2, -0.15) is 0 Å². The van der Waals surface area contributed by atoms with E-state index in [9.17, 15) is 14.0 Å². The number of rotatable bonds is 0. The van der Waals surface area contributed by atoms with Crippen LogP contribution in [0.25, 0.3) is 10.9 Å². The van der Waals surface area contributed by atoms with E-state index in [1.165, 1.54) is 0 Å². The van der Waals surface area contributed by atoms with Gasteiger partial charge < -0.3 is 4.98 Å². The predicted molar refractivity (Wildman–Crippen MR) is 50.5 cm³/mol. The highest BCUT2D eigenvalue weighted by Gasteiger charge is 2.04. The third kappa shape index (κ3) is 1.24. The number of aromatic nitrogens is 2. The van der Waals surface area contributed by atoms with Crippen LogP contribution in [-0.2, 0) is 0 Å². The van der Waals surface area contributed by atoms with Crippen molar-refractivity contribution < 1.29 is 4.39 Å². The highest BCUT2D eigenvalue weighted by Crippen LogP contribution is 2.03. The van der Waals surface area contributed by atoms with Gasteiger partial charge >= 0.3 is 5.69 Å². The van der Waals surface area contributed by atoms with E-state index >= 15 is 0 Å². The fraction of sp³-hybridized carbons (Fsp3) is 0. The minimum atomic E-state index is -0.666. The van der Waals surface area contributed by atoms with Gasteiger partial charge in [0.25, 0.3) is 5.56 Å². The van der Waals surface area contributed by atoms with Crippen LogP contribution in [-0.4, -0.2) is 17.8 Å². The van der Waals surface area contributed by atoms with Gasteiger partial charge in [0.2, 0.25) is 0 Å². The van der Waals surface area contributed by atoms with Crippen molar-refractivity contribution in [1.82, 2.24) is 9.97 Å². The zero-order chi connectivity index (χ0) is 10.3. The van der Waals surface area contributed by atoms with Crippen LogP contribution in [0.3, 0.4) is 0 Å². The number of benzene rings is 1. The number of halogens is 1. The smallest absolute Gasteiger partial charge is 0.307 e. The molecule has 68 valence electrons. The molecule has 1 heterocycles. The monoisotopic (exact) mass is 190 g/mol. The van der Waals surface area contributed by atoms with Crippen LogP contribution in [0.4, 0.5) is 4.39 Å². The first-order valence-corrected chi connectivity index (χ1v) is 3.79. The molecule has 0 fully saturated rings. The van der Waals surface area contributed by atoms with Crippen LogP contribution in [0.15, 0.2) is 21.7 Å². The van der Waals surface area contributed by atoms with Crippen molar-refractivity contribution in [3.05, 3.63) is 38.8 Å². The van der Waals surface area contributed by atoms with Gasteiger partial charge in [-0.05, 0) is 12.1 Å². The van der Waals surface area contributed by atoms with Crippen LogP contribution in [0.5, 0.6) is 0 Å². The number of fused-ring (bicyclic) bond motifs is 1. The van der Waals surface area contributed by atoms with Crippen LogP contribution < -0.4 is 16.7 Å². The SMILES string of the molecule is [B]c1cc(F)cc2c(=O)[nH]c(=O)[nH]c12. The van der Waals surface area contributed by atoms with Gasteiger partial charge in [0.15, 0.2) is 0 Å². The second-order valence-corrected chi connectivity index (χ2v) is 2.83. The van der Waals surface area contributed by atoms with Crippen molar-refractivity contribution in [3.8, 4) is 0 Å². The van der Waals surface area contributed by atoms with Gasteiger partial charge in [0.1, 0.15) is 13.7 Å². The van der Waals surface area contributed by atoms with Crippen molar-refractivity contribution in [3.63, 3.8) is 0 Å². The standard InChI is InChI=1S/C8H4BFN2O2/c9-5-2-3(10)1-4-6(5)11-8(14)12-7(4)13/h1-2H,(H2,11,12,13,14). The van der Waals surface area contributed by atoms with Gasteiger partial charge in [-0.3, -0.25) is 9.78 Å². The summed E-state index contributed by atoms with van der Waals surface area (Å²) >= 11 is 0. The third-order valence-electron chi connectivity index (χ3n) is 1.84. The Bertz CT molecular complexity index is 617. The van der Waals surface area contributed by atoms with Crippen molar-refractivity contribution in [2.24, 2.45) is 0 Å². The van der Waals surface area contributed by atoms with Gasteiger partial charge in [0.05, 0.1) is 5.39 Å². The van der Waals surface area contributed by atoms with Crippen LogP contribution in [0, 0.1) is 5.82 Å². The van der Waals surface area contributed by atoms with Crippen LogP contribution in [0.2, 0.25) is 0 Å². The Kier molecular flexibility index (Phi) is 1.77. The van der Waals surface area contributed by atoms with Crippen molar-refractivity contribution in [1.29, 1.82) is 0 Å². The largest absolute Gasteiger partial charge is 0.326 e. The average molecular weight is 190 g/mol. The first-order chi connectivity index (χ1) is 6.58. The quantitative estimate of drug-likeness (QED) is 0.531. The van der Waals surface area contributed by atoms with E-state index in [0.29, 0.717) is 0 Å². The molecule has 0 spiro atoms. The minimum Gasteiger partial charge on any atom is -0.307 e. The summed E-state index contributed by atoms with van der Waals surface area (Å²) in [5.74, 6) is -0.618. The molecule has 6 heteroatoms. The van der Waals surface area contributed by atoms with Gasteiger partial charge in [-0.1, -0.05) is 5.46 Å². The molecule has 2 aromatic rings. The molecule has 0 bridgehead atoms. The molecule has 0 unspecified atom stereocenters. The van der Waals surface area contributed by atoms with E-state index in [-0.39, 0.29) is 16.4 Å². The maximum absolute atomic E-state index is 12.9. The number of hydrogen-bond acceptors (Lipinski definition) is 2. The molecule has 14 heavy (non-hydrogen) atoms. The summed E-state index contributed by atoms with van der Waals surface area (Å²) in [6.45, 7) is 0. The predicted octanol–water partition coefficient (Wildman–Crippen LogP) is -0.851. The lowest BCUT2D eigenvalue weighted by molar-refractivity contribution is 0.630. The Morgan fingerprint density at radius 1 is 1.21 bits per heavy atom. The molecule has 0 atom stereocenters. The summed E-state index contributed by atoms with van der Waals surface area (Å²) in [7, 11) is 5.43. The molecule has 0 amide bonds. The van der Waals surface area contributed by atoms with E-state index in [2.05, 4.69) is 4.98 Å². The summed E-state index contributed by atoms with van der Waals surface area (Å²) in [6.07, 6.45) is 0. The van der Waals surface area contributed by atoms with E-state index in [1.54, 1.807) is 0 Å². The minimum absolute atomic E-state index is 0.0297. The molecule has 1 aromatic carbocycles. The maximum Gasteiger partial charge on any atom is 0.326 e. The van der Waals surface area contributed by atoms with Crippen molar-refractivity contribution in [2.45, 2.75) is 0 Å². The van der Waals surface area contributed by atoms with Crippen LogP contribution in [0.1, 0.15) is 0 Å².